The number of aryl methyl sites for hydroxylation is 2. The molecule has 0 heterocycles. The van der Waals surface area contributed by atoms with Crippen LogP contribution in [0.15, 0.2) is 30.3 Å². The average molecular weight is 589 g/mol. The first-order chi connectivity index (χ1) is 19.4. The number of ketones is 3. The highest BCUT2D eigenvalue weighted by molar-refractivity contribution is 6.02. The molecule has 1 aliphatic carbocycles. The predicted octanol–water partition coefficient (Wildman–Crippen LogP) is 4.32. The molecule has 5 N–H and O–H groups in total. The molecule has 3 rings (SSSR count). The number of fused-ring (bicyclic) bond motifs is 1. The molecule has 3 atom stereocenters. The number of carbonyl (C=O) groups is 4. The molecule has 0 bridgehead atoms. The fourth-order valence-electron chi connectivity index (χ4n) is 5.90. The first kappa shape index (κ1) is 34.8. The topological polar surface area (TPSA) is 170 Å². The molecular formula is C33H48O9. The number of benzene rings is 2. The van der Waals surface area contributed by atoms with E-state index in [0.717, 1.165) is 16.7 Å². The first-order valence-corrected chi connectivity index (χ1v) is 14.4. The number of hydrogen-bond donors (Lipinski definition) is 3. The highest BCUT2D eigenvalue weighted by Gasteiger charge is 2.36. The van der Waals surface area contributed by atoms with E-state index in [0.29, 0.717) is 29.7 Å². The Labute approximate surface area is 250 Å². The van der Waals surface area contributed by atoms with Crippen molar-refractivity contribution in [1.82, 2.24) is 0 Å². The Morgan fingerprint density at radius 3 is 2.33 bits per heavy atom. The molecule has 9 heteroatoms. The summed E-state index contributed by atoms with van der Waals surface area (Å²) in [4.78, 5) is 50.1. The third-order valence-corrected chi connectivity index (χ3v) is 7.98. The minimum atomic E-state index is -0.789. The lowest BCUT2D eigenvalue weighted by Crippen LogP contribution is -2.32. The maximum absolute atomic E-state index is 13.4. The van der Waals surface area contributed by atoms with E-state index in [-0.39, 0.29) is 87.9 Å². The number of aliphatic hydroxyl groups excluding tert-OH is 2. The van der Waals surface area contributed by atoms with Crippen LogP contribution in [0.5, 0.6) is 11.5 Å². The molecule has 0 amide bonds. The summed E-state index contributed by atoms with van der Waals surface area (Å²) >= 11 is 0. The Balaban J connectivity index is 0.00000616. The van der Waals surface area contributed by atoms with Gasteiger partial charge in [-0.1, -0.05) is 37.6 Å². The van der Waals surface area contributed by atoms with Crippen LogP contribution < -0.4 is 4.74 Å². The number of ether oxygens (including phenoxy) is 1. The molecule has 0 fully saturated rings. The van der Waals surface area contributed by atoms with Crippen molar-refractivity contribution in [3.8, 4) is 11.5 Å². The van der Waals surface area contributed by atoms with E-state index in [1.165, 1.54) is 6.92 Å². The Hall–Kier alpha value is -3.40. The van der Waals surface area contributed by atoms with Crippen molar-refractivity contribution < 1.29 is 47.6 Å². The molecule has 9 nitrogen and oxygen atoms in total. The number of phenols is 1. The molecule has 0 saturated carbocycles. The highest BCUT2D eigenvalue weighted by Crippen LogP contribution is 2.42. The fraction of sp³-hybridized carbons (Fsp3) is 0.515. The van der Waals surface area contributed by atoms with Gasteiger partial charge < -0.3 is 25.5 Å². The number of carbonyl (C=O) groups excluding carboxylic acids is 4. The zero-order chi connectivity index (χ0) is 30.3. The summed E-state index contributed by atoms with van der Waals surface area (Å²) in [6, 6.07) is 9.02. The van der Waals surface area contributed by atoms with Crippen molar-refractivity contribution in [2.75, 3.05) is 13.2 Å². The minimum absolute atomic E-state index is 0. The zero-order valence-corrected chi connectivity index (χ0v) is 24.9. The van der Waals surface area contributed by atoms with Gasteiger partial charge in [0.25, 0.3) is 0 Å². The van der Waals surface area contributed by atoms with Crippen LogP contribution in [0.2, 0.25) is 0 Å². The minimum Gasteiger partial charge on any atom is -0.507 e. The zero-order valence-electron chi connectivity index (χ0n) is 24.9. The average Bonchev–Trinajstić information content (AvgIpc) is 2.89. The Kier molecular flexibility index (Phi) is 13.0. The van der Waals surface area contributed by atoms with Gasteiger partial charge >= 0.3 is 5.97 Å². The van der Waals surface area contributed by atoms with E-state index >= 15 is 0 Å². The SMILES string of the molecule is CC(=O)CC(=O)C(CO)C(CCO)CC1CC(=O)c2c(O)c(CCC(=O)Oc3ccc(C)cc3)cc(C(C)C)c2C1.O.[HH].[HH]. The molecule has 3 unspecified atom stereocenters. The lowest BCUT2D eigenvalue weighted by molar-refractivity contribution is -0.134. The lowest BCUT2D eigenvalue weighted by Gasteiger charge is -2.32. The normalized spacial score (nSPS) is 15.9. The Morgan fingerprint density at radius 2 is 1.76 bits per heavy atom. The van der Waals surface area contributed by atoms with Crippen LogP contribution in [0.4, 0.5) is 0 Å². The second-order valence-corrected chi connectivity index (χ2v) is 11.6. The number of phenolic OH excluding ortho intramolecular Hbond substituents is 1. The second kappa shape index (κ2) is 15.7. The van der Waals surface area contributed by atoms with Crippen LogP contribution in [0.25, 0.3) is 0 Å². The maximum atomic E-state index is 13.4. The number of aromatic hydroxyl groups is 1. The molecule has 2 aromatic rings. The van der Waals surface area contributed by atoms with Gasteiger partial charge in [0, 0.05) is 21.8 Å². The van der Waals surface area contributed by atoms with Gasteiger partial charge in [0.1, 0.15) is 23.1 Å². The highest BCUT2D eigenvalue weighted by atomic mass is 16.5. The van der Waals surface area contributed by atoms with Crippen molar-refractivity contribution in [3.05, 3.63) is 58.1 Å². The van der Waals surface area contributed by atoms with Crippen molar-refractivity contribution in [3.63, 3.8) is 0 Å². The lowest BCUT2D eigenvalue weighted by atomic mass is 9.71. The molecule has 42 heavy (non-hydrogen) atoms. The molecule has 1 aliphatic rings. The molecule has 0 radical (unpaired) electrons. The monoisotopic (exact) mass is 588 g/mol. The molecule has 0 saturated heterocycles. The van der Waals surface area contributed by atoms with Gasteiger partial charge in [-0.05, 0) is 86.1 Å². The van der Waals surface area contributed by atoms with Crippen molar-refractivity contribution >= 4 is 23.3 Å². The summed E-state index contributed by atoms with van der Waals surface area (Å²) in [5.74, 6) is -2.22. The van der Waals surface area contributed by atoms with Gasteiger partial charge in [0.05, 0.1) is 25.0 Å². The van der Waals surface area contributed by atoms with Crippen molar-refractivity contribution in [1.29, 1.82) is 0 Å². The van der Waals surface area contributed by atoms with Crippen LogP contribution in [0.3, 0.4) is 0 Å². The quantitative estimate of drug-likeness (QED) is 0.166. The largest absolute Gasteiger partial charge is 0.507 e. The van der Waals surface area contributed by atoms with Crippen LogP contribution in [0, 0.1) is 24.7 Å². The molecular weight excluding hydrogens is 540 g/mol. The van der Waals surface area contributed by atoms with E-state index in [1.54, 1.807) is 12.1 Å². The van der Waals surface area contributed by atoms with Crippen LogP contribution >= 0.6 is 0 Å². The number of aliphatic hydroxyl groups is 2. The standard InChI is InChI=1S/C33H42O8.H2O.2H2/c1-19(2)26-17-24(7-10-31(39)41-25-8-5-20(3)6-9-25)33(40)32-27(26)15-22(16-30(32)38)14-23(11-12-34)28(18-35)29(37)13-21(4)36;;;/h5-6,8-9,17,19,22-23,28,34-35,40H,7,10-16,18H2,1-4H3;1H2;2*1H. The summed E-state index contributed by atoms with van der Waals surface area (Å²) in [6.45, 7) is 6.67. The van der Waals surface area contributed by atoms with Crippen LogP contribution in [-0.4, -0.2) is 57.3 Å². The van der Waals surface area contributed by atoms with Gasteiger partial charge in [-0.2, -0.15) is 0 Å². The summed E-state index contributed by atoms with van der Waals surface area (Å²) in [5, 5.41) is 30.8. The van der Waals surface area contributed by atoms with Crippen LogP contribution in [0.1, 0.15) is 94.3 Å². The van der Waals surface area contributed by atoms with Crippen LogP contribution in [-0.2, 0) is 27.2 Å². The first-order valence-electron chi connectivity index (χ1n) is 14.4. The molecule has 2 aromatic carbocycles. The number of esters is 1. The Bertz CT molecular complexity index is 1280. The van der Waals surface area contributed by atoms with E-state index in [9.17, 15) is 34.5 Å². The number of hydrogen-bond acceptors (Lipinski definition) is 8. The summed E-state index contributed by atoms with van der Waals surface area (Å²) < 4.78 is 5.41. The third kappa shape index (κ3) is 8.80. The number of Topliss-reactive ketones (excluding diaryl/α,β-unsaturated/α-hetero) is 3. The summed E-state index contributed by atoms with van der Waals surface area (Å²) in [7, 11) is 0. The molecule has 0 aromatic heterocycles. The summed E-state index contributed by atoms with van der Waals surface area (Å²) in [5.41, 5.74) is 3.55. The molecule has 234 valence electrons. The van der Waals surface area contributed by atoms with E-state index in [1.807, 2.05) is 39.0 Å². The van der Waals surface area contributed by atoms with E-state index in [2.05, 4.69) is 0 Å². The molecule has 0 spiro atoms. The fourth-order valence-corrected chi connectivity index (χ4v) is 5.90. The van der Waals surface area contributed by atoms with E-state index in [4.69, 9.17) is 4.74 Å². The summed E-state index contributed by atoms with van der Waals surface area (Å²) in [6.07, 6.45) is 1.32. The Morgan fingerprint density at radius 1 is 1.10 bits per heavy atom. The maximum Gasteiger partial charge on any atom is 0.311 e. The molecule has 0 aliphatic heterocycles. The predicted molar refractivity (Wildman–Crippen MR) is 162 cm³/mol. The van der Waals surface area contributed by atoms with Gasteiger partial charge in [-0.25, -0.2) is 0 Å². The smallest absolute Gasteiger partial charge is 0.311 e. The van der Waals surface area contributed by atoms with E-state index < -0.39 is 18.5 Å². The number of rotatable bonds is 14. The van der Waals surface area contributed by atoms with Gasteiger partial charge in [-0.3, -0.25) is 19.2 Å². The van der Waals surface area contributed by atoms with Crippen molar-refractivity contribution in [2.24, 2.45) is 17.8 Å². The van der Waals surface area contributed by atoms with Gasteiger partial charge in [0.2, 0.25) is 0 Å². The second-order valence-electron chi connectivity index (χ2n) is 11.6. The van der Waals surface area contributed by atoms with Gasteiger partial charge in [0.15, 0.2) is 5.78 Å². The van der Waals surface area contributed by atoms with Crippen molar-refractivity contribution in [2.45, 2.75) is 78.6 Å². The van der Waals surface area contributed by atoms with Gasteiger partial charge in [-0.15, -0.1) is 0 Å². The third-order valence-electron chi connectivity index (χ3n) is 7.98.